The fourth-order valence-electron chi connectivity index (χ4n) is 3.95. The van der Waals surface area contributed by atoms with Crippen LogP contribution in [0.3, 0.4) is 0 Å². The molecule has 1 fully saturated rings. The van der Waals surface area contributed by atoms with Gasteiger partial charge in [0, 0.05) is 31.5 Å². The Bertz CT molecular complexity index is 908. The standard InChI is InChI=1S/C23H29N5S/c1-27(2)17-20-10-6-7-13-28(20)16-18-11-12-24-22(14-18)26-23-25-15-21(29-23)19-8-4-3-5-9-19/h3-5,8-9,11-12,14-15,20H,6-7,10,13,16-17H2,1-2H3,(H,24,25,26). The molecule has 5 nitrogen and oxygen atoms in total. The van der Waals surface area contributed by atoms with Gasteiger partial charge in [0.05, 0.1) is 4.88 Å². The number of anilines is 2. The van der Waals surface area contributed by atoms with Crippen LogP contribution in [0.2, 0.25) is 0 Å². The number of aromatic nitrogens is 2. The maximum atomic E-state index is 4.53. The fraction of sp³-hybridized carbons (Fsp3) is 0.391. The molecular weight excluding hydrogens is 378 g/mol. The van der Waals surface area contributed by atoms with Crippen molar-refractivity contribution in [2.75, 3.05) is 32.5 Å². The first-order valence-electron chi connectivity index (χ1n) is 10.3. The molecule has 2 aromatic heterocycles. The Morgan fingerprint density at radius 3 is 2.83 bits per heavy atom. The molecule has 3 heterocycles. The highest BCUT2D eigenvalue weighted by Gasteiger charge is 2.23. The zero-order valence-corrected chi connectivity index (χ0v) is 18.0. The van der Waals surface area contributed by atoms with Crippen LogP contribution < -0.4 is 5.32 Å². The van der Waals surface area contributed by atoms with Crippen molar-refractivity contribution < 1.29 is 0 Å². The van der Waals surface area contributed by atoms with Crippen LogP contribution in [0.15, 0.2) is 54.9 Å². The number of benzene rings is 1. The Kier molecular flexibility index (Phi) is 6.54. The second-order valence-electron chi connectivity index (χ2n) is 7.95. The normalized spacial score (nSPS) is 17.6. The first-order valence-corrected chi connectivity index (χ1v) is 11.1. The summed E-state index contributed by atoms with van der Waals surface area (Å²) in [5.41, 5.74) is 2.49. The number of nitrogens with zero attached hydrogens (tertiary/aromatic N) is 4. The number of likely N-dealkylation sites (N-methyl/N-ethyl adjacent to an activating group) is 1. The second-order valence-corrected chi connectivity index (χ2v) is 8.98. The molecule has 4 rings (SSSR count). The summed E-state index contributed by atoms with van der Waals surface area (Å²) in [6.45, 7) is 3.27. The van der Waals surface area contributed by atoms with E-state index in [0.29, 0.717) is 6.04 Å². The van der Waals surface area contributed by atoms with Gasteiger partial charge in [0.15, 0.2) is 5.13 Å². The fourth-order valence-corrected chi connectivity index (χ4v) is 4.78. The molecule has 0 amide bonds. The van der Waals surface area contributed by atoms with Crippen LogP contribution >= 0.6 is 11.3 Å². The number of piperidine rings is 1. The maximum Gasteiger partial charge on any atom is 0.188 e. The minimum absolute atomic E-state index is 0.635. The SMILES string of the molecule is CN(C)CC1CCCCN1Cc1ccnc(Nc2ncc(-c3ccccc3)s2)c1. The Morgan fingerprint density at radius 1 is 1.14 bits per heavy atom. The lowest BCUT2D eigenvalue weighted by atomic mass is 10.0. The summed E-state index contributed by atoms with van der Waals surface area (Å²) in [6, 6.07) is 15.3. The van der Waals surface area contributed by atoms with Gasteiger partial charge in [-0.25, -0.2) is 9.97 Å². The lowest BCUT2D eigenvalue weighted by Gasteiger charge is -2.37. The van der Waals surface area contributed by atoms with Gasteiger partial charge in [0.1, 0.15) is 5.82 Å². The lowest BCUT2D eigenvalue weighted by Crippen LogP contribution is -2.44. The molecule has 1 aromatic carbocycles. The molecule has 1 aliphatic heterocycles. The molecular formula is C23H29N5S. The molecule has 1 unspecified atom stereocenters. The van der Waals surface area contributed by atoms with E-state index in [1.165, 1.54) is 36.9 Å². The van der Waals surface area contributed by atoms with E-state index in [9.17, 15) is 0 Å². The van der Waals surface area contributed by atoms with Gasteiger partial charge < -0.3 is 10.2 Å². The lowest BCUT2D eigenvalue weighted by molar-refractivity contribution is 0.114. The Morgan fingerprint density at radius 2 is 2.00 bits per heavy atom. The number of hydrogen-bond acceptors (Lipinski definition) is 6. The molecule has 6 heteroatoms. The third-order valence-corrected chi connectivity index (χ3v) is 6.30. The van der Waals surface area contributed by atoms with Gasteiger partial charge in [0.25, 0.3) is 0 Å². The van der Waals surface area contributed by atoms with E-state index < -0.39 is 0 Å². The van der Waals surface area contributed by atoms with Crippen molar-refractivity contribution in [1.82, 2.24) is 19.8 Å². The van der Waals surface area contributed by atoms with Crippen LogP contribution in [-0.2, 0) is 6.54 Å². The highest BCUT2D eigenvalue weighted by molar-refractivity contribution is 7.18. The second kappa shape index (κ2) is 9.48. The van der Waals surface area contributed by atoms with E-state index in [4.69, 9.17) is 0 Å². The number of rotatable bonds is 7. The van der Waals surface area contributed by atoms with Crippen LogP contribution in [0.1, 0.15) is 24.8 Å². The van der Waals surface area contributed by atoms with E-state index in [0.717, 1.165) is 28.9 Å². The van der Waals surface area contributed by atoms with Gasteiger partial charge in [-0.15, -0.1) is 0 Å². The van der Waals surface area contributed by atoms with Crippen LogP contribution in [0.25, 0.3) is 10.4 Å². The molecule has 1 saturated heterocycles. The van der Waals surface area contributed by atoms with Gasteiger partial charge >= 0.3 is 0 Å². The predicted octanol–water partition coefficient (Wildman–Crippen LogP) is 4.86. The first kappa shape index (κ1) is 20.0. The summed E-state index contributed by atoms with van der Waals surface area (Å²) in [6.07, 6.45) is 7.74. The van der Waals surface area contributed by atoms with Gasteiger partial charge in [-0.05, 0) is 56.7 Å². The molecule has 0 radical (unpaired) electrons. The van der Waals surface area contributed by atoms with Gasteiger partial charge in [-0.3, -0.25) is 4.90 Å². The molecule has 0 bridgehead atoms. The molecule has 1 aliphatic rings. The summed E-state index contributed by atoms with van der Waals surface area (Å²) in [7, 11) is 4.33. The van der Waals surface area contributed by atoms with Crippen LogP contribution in [0.5, 0.6) is 0 Å². The molecule has 0 spiro atoms. The Balaban J connectivity index is 1.43. The van der Waals surface area contributed by atoms with E-state index in [1.807, 2.05) is 18.5 Å². The van der Waals surface area contributed by atoms with E-state index >= 15 is 0 Å². The van der Waals surface area contributed by atoms with Crippen molar-refractivity contribution in [3.63, 3.8) is 0 Å². The highest BCUT2D eigenvalue weighted by atomic mass is 32.1. The van der Waals surface area contributed by atoms with Crippen molar-refractivity contribution >= 4 is 22.3 Å². The summed E-state index contributed by atoms with van der Waals surface area (Å²) in [4.78, 5) is 15.1. The molecule has 29 heavy (non-hydrogen) atoms. The maximum absolute atomic E-state index is 4.53. The topological polar surface area (TPSA) is 44.3 Å². The summed E-state index contributed by atoms with van der Waals surface area (Å²) in [5, 5.41) is 4.26. The van der Waals surface area contributed by atoms with Gasteiger partial charge in [0.2, 0.25) is 0 Å². The third kappa shape index (κ3) is 5.41. The summed E-state index contributed by atoms with van der Waals surface area (Å²) < 4.78 is 0. The Labute approximate surface area is 177 Å². The quantitative estimate of drug-likeness (QED) is 0.606. The van der Waals surface area contributed by atoms with Crippen molar-refractivity contribution in [1.29, 1.82) is 0 Å². The molecule has 3 aromatic rings. The molecule has 1 atom stereocenters. The van der Waals surface area contributed by atoms with Crippen LogP contribution in [0.4, 0.5) is 10.9 Å². The Hall–Kier alpha value is -2.28. The molecule has 152 valence electrons. The highest BCUT2D eigenvalue weighted by Crippen LogP contribution is 2.30. The third-order valence-electron chi connectivity index (χ3n) is 5.33. The van der Waals surface area contributed by atoms with E-state index in [1.54, 1.807) is 11.3 Å². The van der Waals surface area contributed by atoms with Crippen molar-refractivity contribution in [3.05, 3.63) is 60.4 Å². The van der Waals surface area contributed by atoms with Crippen molar-refractivity contribution in [2.24, 2.45) is 0 Å². The smallest absolute Gasteiger partial charge is 0.188 e. The minimum Gasteiger partial charge on any atom is -0.316 e. The van der Waals surface area contributed by atoms with E-state index in [2.05, 4.69) is 75.6 Å². The number of pyridine rings is 1. The average Bonchev–Trinajstić information content (AvgIpc) is 3.19. The van der Waals surface area contributed by atoms with E-state index in [-0.39, 0.29) is 0 Å². The zero-order chi connectivity index (χ0) is 20.1. The molecule has 0 aliphatic carbocycles. The average molecular weight is 408 g/mol. The predicted molar refractivity (Wildman–Crippen MR) is 122 cm³/mol. The first-order chi connectivity index (χ1) is 14.2. The van der Waals surface area contributed by atoms with Gasteiger partial charge in [-0.1, -0.05) is 48.1 Å². The molecule has 0 saturated carbocycles. The number of nitrogens with one attached hydrogen (secondary N) is 1. The van der Waals surface area contributed by atoms with Crippen molar-refractivity contribution in [3.8, 4) is 10.4 Å². The van der Waals surface area contributed by atoms with Crippen LogP contribution in [0, 0.1) is 0 Å². The summed E-state index contributed by atoms with van der Waals surface area (Å²) >= 11 is 1.65. The molecule has 1 N–H and O–H groups in total. The van der Waals surface area contributed by atoms with Gasteiger partial charge in [-0.2, -0.15) is 0 Å². The van der Waals surface area contributed by atoms with Crippen molar-refractivity contribution in [2.45, 2.75) is 31.8 Å². The minimum atomic E-state index is 0.635. The monoisotopic (exact) mass is 407 g/mol. The zero-order valence-electron chi connectivity index (χ0n) is 17.2. The number of likely N-dealkylation sites (tertiary alicyclic amines) is 1. The number of hydrogen-bond donors (Lipinski definition) is 1. The summed E-state index contributed by atoms with van der Waals surface area (Å²) in [5.74, 6) is 0.859. The number of thiazole rings is 1. The van der Waals surface area contributed by atoms with Crippen LogP contribution in [-0.4, -0.2) is 53.0 Å². The largest absolute Gasteiger partial charge is 0.316 e.